The first-order valence-corrected chi connectivity index (χ1v) is 9.85. The van der Waals surface area contributed by atoms with Crippen molar-refractivity contribution in [3.05, 3.63) is 84.7 Å². The van der Waals surface area contributed by atoms with Gasteiger partial charge in [0.1, 0.15) is 0 Å². The number of aromatic nitrogens is 1. The van der Waals surface area contributed by atoms with Gasteiger partial charge in [-0.1, -0.05) is 18.2 Å². The first-order valence-electron chi connectivity index (χ1n) is 8.41. The molecule has 1 N–H and O–H groups in total. The maximum Gasteiger partial charge on any atom is 0.264 e. The summed E-state index contributed by atoms with van der Waals surface area (Å²) in [6.45, 7) is 2.10. The number of pyridine rings is 1. The van der Waals surface area contributed by atoms with Crippen molar-refractivity contribution >= 4 is 27.3 Å². The van der Waals surface area contributed by atoms with Crippen LogP contribution in [-0.4, -0.2) is 25.9 Å². The van der Waals surface area contributed by atoms with E-state index in [1.807, 2.05) is 6.07 Å². The van der Waals surface area contributed by atoms with Crippen LogP contribution >= 0.6 is 0 Å². The van der Waals surface area contributed by atoms with Crippen LogP contribution in [-0.2, 0) is 10.0 Å². The average Bonchev–Trinajstić information content (AvgIpc) is 2.70. The van der Waals surface area contributed by atoms with Gasteiger partial charge in [-0.05, 0) is 55.5 Å². The van der Waals surface area contributed by atoms with E-state index in [2.05, 4.69) is 10.3 Å². The number of para-hydroxylation sites is 1. The number of anilines is 2. The molecule has 0 aliphatic carbocycles. The molecule has 0 saturated carbocycles. The summed E-state index contributed by atoms with van der Waals surface area (Å²) in [7, 11) is -3.69. The normalized spacial score (nSPS) is 11.0. The van der Waals surface area contributed by atoms with Crippen LogP contribution in [0.4, 0.5) is 11.4 Å². The quantitative estimate of drug-likeness (QED) is 0.708. The zero-order valence-electron chi connectivity index (χ0n) is 14.7. The summed E-state index contributed by atoms with van der Waals surface area (Å²) < 4.78 is 27.2. The molecule has 138 valence electrons. The number of carbonyl (C=O) groups is 1. The molecule has 1 amide bonds. The van der Waals surface area contributed by atoms with Crippen LogP contribution in [0.25, 0.3) is 0 Å². The van der Waals surface area contributed by atoms with Gasteiger partial charge in [-0.2, -0.15) is 0 Å². The van der Waals surface area contributed by atoms with Gasteiger partial charge in [0, 0.05) is 24.6 Å². The lowest BCUT2D eigenvalue weighted by Gasteiger charge is -2.23. The van der Waals surface area contributed by atoms with Crippen LogP contribution in [0.5, 0.6) is 0 Å². The number of nitrogens with zero attached hydrogens (tertiary/aromatic N) is 2. The van der Waals surface area contributed by atoms with E-state index in [1.165, 1.54) is 22.6 Å². The van der Waals surface area contributed by atoms with E-state index >= 15 is 0 Å². The topological polar surface area (TPSA) is 79.4 Å². The number of benzene rings is 2. The van der Waals surface area contributed by atoms with Gasteiger partial charge in [-0.15, -0.1) is 0 Å². The van der Waals surface area contributed by atoms with Crippen molar-refractivity contribution in [1.82, 2.24) is 4.98 Å². The molecule has 3 rings (SSSR count). The van der Waals surface area contributed by atoms with Gasteiger partial charge in [0.15, 0.2) is 0 Å². The number of carbonyl (C=O) groups excluding carboxylic acids is 1. The first kappa shape index (κ1) is 18.6. The highest BCUT2D eigenvalue weighted by molar-refractivity contribution is 7.92. The smallest absolute Gasteiger partial charge is 0.264 e. The van der Waals surface area contributed by atoms with Crippen molar-refractivity contribution in [2.24, 2.45) is 0 Å². The number of amides is 1. The van der Waals surface area contributed by atoms with Crippen molar-refractivity contribution < 1.29 is 13.2 Å². The molecule has 1 aromatic heterocycles. The third-order valence-corrected chi connectivity index (χ3v) is 5.87. The molecule has 0 spiro atoms. The van der Waals surface area contributed by atoms with Gasteiger partial charge in [0.25, 0.3) is 15.9 Å². The molecule has 3 aromatic rings. The van der Waals surface area contributed by atoms with Gasteiger partial charge >= 0.3 is 0 Å². The zero-order chi connectivity index (χ0) is 19.3. The fourth-order valence-corrected chi connectivity index (χ4v) is 4.10. The van der Waals surface area contributed by atoms with Crippen LogP contribution in [0, 0.1) is 0 Å². The van der Waals surface area contributed by atoms with E-state index in [0.717, 1.165) is 0 Å². The summed E-state index contributed by atoms with van der Waals surface area (Å²) in [6.07, 6.45) is 3.05. The minimum atomic E-state index is -3.69. The van der Waals surface area contributed by atoms with Gasteiger partial charge in [0.2, 0.25) is 0 Å². The lowest BCUT2D eigenvalue weighted by atomic mass is 10.2. The fourth-order valence-electron chi connectivity index (χ4n) is 2.62. The standard InChI is InChI=1S/C20H19N3O3S/c1-2-23(18-8-4-3-5-9-18)27(25,26)19-12-10-17(11-13-19)22-20(24)16-7-6-14-21-15-16/h3-15H,2H2,1H3,(H,22,24). The molecule has 0 bridgehead atoms. The highest BCUT2D eigenvalue weighted by Gasteiger charge is 2.23. The summed E-state index contributed by atoms with van der Waals surface area (Å²) in [5.41, 5.74) is 1.54. The summed E-state index contributed by atoms with van der Waals surface area (Å²) >= 11 is 0. The van der Waals surface area contributed by atoms with Crippen molar-refractivity contribution in [1.29, 1.82) is 0 Å². The first-order chi connectivity index (χ1) is 13.0. The number of hydrogen-bond acceptors (Lipinski definition) is 4. The van der Waals surface area contributed by atoms with Gasteiger partial charge < -0.3 is 5.32 Å². The Labute approximate surface area is 158 Å². The zero-order valence-corrected chi connectivity index (χ0v) is 15.6. The number of sulfonamides is 1. The number of hydrogen-bond donors (Lipinski definition) is 1. The second-order valence-corrected chi connectivity index (χ2v) is 7.59. The Kier molecular flexibility index (Phi) is 5.52. The second-order valence-electron chi connectivity index (χ2n) is 5.73. The molecular formula is C20H19N3O3S. The maximum atomic E-state index is 12.9. The van der Waals surface area contributed by atoms with E-state index in [0.29, 0.717) is 23.5 Å². The van der Waals surface area contributed by atoms with Gasteiger partial charge in [0.05, 0.1) is 16.1 Å². The Morgan fingerprint density at radius 2 is 1.70 bits per heavy atom. The second kappa shape index (κ2) is 8.01. The van der Waals surface area contributed by atoms with E-state index in [9.17, 15) is 13.2 Å². The Balaban J connectivity index is 1.81. The lowest BCUT2D eigenvalue weighted by Crippen LogP contribution is -2.30. The Hall–Kier alpha value is -3.19. The van der Waals surface area contributed by atoms with Crippen LogP contribution in [0.1, 0.15) is 17.3 Å². The number of nitrogens with one attached hydrogen (secondary N) is 1. The lowest BCUT2D eigenvalue weighted by molar-refractivity contribution is 0.102. The highest BCUT2D eigenvalue weighted by Crippen LogP contribution is 2.24. The number of rotatable bonds is 6. The maximum absolute atomic E-state index is 12.9. The average molecular weight is 381 g/mol. The molecule has 7 heteroatoms. The molecule has 0 aliphatic rings. The molecule has 2 aromatic carbocycles. The third kappa shape index (κ3) is 4.15. The molecule has 0 atom stereocenters. The van der Waals surface area contributed by atoms with Gasteiger partial charge in [-0.25, -0.2) is 8.42 Å². The summed E-state index contributed by atoms with van der Waals surface area (Å²) in [4.78, 5) is 16.2. The van der Waals surface area contributed by atoms with Crippen LogP contribution in [0.15, 0.2) is 84.0 Å². The third-order valence-electron chi connectivity index (χ3n) is 3.96. The predicted octanol–water partition coefficient (Wildman–Crippen LogP) is 3.55. The molecular weight excluding hydrogens is 362 g/mol. The van der Waals surface area contributed by atoms with Crippen molar-refractivity contribution in [2.75, 3.05) is 16.2 Å². The molecule has 27 heavy (non-hydrogen) atoms. The fraction of sp³-hybridized carbons (Fsp3) is 0.100. The summed E-state index contributed by atoms with van der Waals surface area (Å²) in [5, 5.41) is 2.72. The Bertz CT molecular complexity index is 1010. The molecule has 6 nitrogen and oxygen atoms in total. The minimum absolute atomic E-state index is 0.160. The summed E-state index contributed by atoms with van der Waals surface area (Å²) in [6, 6.07) is 18.4. The molecule has 1 heterocycles. The molecule has 0 saturated heterocycles. The predicted molar refractivity (Wildman–Crippen MR) is 105 cm³/mol. The Morgan fingerprint density at radius 1 is 1.00 bits per heavy atom. The summed E-state index contributed by atoms with van der Waals surface area (Å²) in [5.74, 6) is -0.307. The van der Waals surface area contributed by atoms with E-state index in [4.69, 9.17) is 0 Å². The largest absolute Gasteiger partial charge is 0.322 e. The molecule has 0 radical (unpaired) electrons. The Morgan fingerprint density at radius 3 is 2.30 bits per heavy atom. The van der Waals surface area contributed by atoms with E-state index in [1.54, 1.807) is 61.7 Å². The van der Waals surface area contributed by atoms with Crippen LogP contribution < -0.4 is 9.62 Å². The van der Waals surface area contributed by atoms with Crippen LogP contribution in [0.3, 0.4) is 0 Å². The molecule has 0 fully saturated rings. The molecule has 0 unspecified atom stereocenters. The monoisotopic (exact) mass is 381 g/mol. The van der Waals surface area contributed by atoms with Crippen LogP contribution in [0.2, 0.25) is 0 Å². The SMILES string of the molecule is CCN(c1ccccc1)S(=O)(=O)c1ccc(NC(=O)c2cccnc2)cc1. The van der Waals surface area contributed by atoms with Crippen molar-refractivity contribution in [3.63, 3.8) is 0 Å². The molecule has 0 aliphatic heterocycles. The van der Waals surface area contributed by atoms with Crippen molar-refractivity contribution in [3.8, 4) is 0 Å². The van der Waals surface area contributed by atoms with Crippen molar-refractivity contribution in [2.45, 2.75) is 11.8 Å². The van der Waals surface area contributed by atoms with E-state index < -0.39 is 10.0 Å². The minimum Gasteiger partial charge on any atom is -0.322 e. The van der Waals surface area contributed by atoms with E-state index in [-0.39, 0.29) is 10.8 Å². The highest BCUT2D eigenvalue weighted by atomic mass is 32.2. The van der Waals surface area contributed by atoms with Gasteiger partial charge in [-0.3, -0.25) is 14.1 Å².